The molecule has 3 rings (SSSR count). The summed E-state index contributed by atoms with van der Waals surface area (Å²) in [6.07, 6.45) is 1.55. The van der Waals surface area contributed by atoms with Crippen molar-refractivity contribution in [2.45, 2.75) is 18.9 Å². The lowest BCUT2D eigenvalue weighted by molar-refractivity contribution is 0.0935. The van der Waals surface area contributed by atoms with Crippen LogP contribution in [0.4, 0.5) is 0 Å². The minimum atomic E-state index is 0.162. The third kappa shape index (κ3) is 4.67. The first-order valence-electron chi connectivity index (χ1n) is 8.50. The molecule has 0 spiro atoms. The average molecular weight is 343 g/mol. The molecule has 4 heteroatoms. The molecule has 1 aliphatic rings. The number of ketones is 1. The molecule has 1 N–H and O–H groups in total. The van der Waals surface area contributed by atoms with Gasteiger partial charge in [0.25, 0.3) is 0 Å². The minimum absolute atomic E-state index is 0.162. The SMILES string of the molecule is O=C(CCN1CCNCC1Cc1ccccc1)c1cccc(Cl)c1. The largest absolute Gasteiger partial charge is 0.314 e. The number of benzene rings is 2. The van der Waals surface area contributed by atoms with Crippen LogP contribution in [-0.4, -0.2) is 42.9 Å². The summed E-state index contributed by atoms with van der Waals surface area (Å²) in [6, 6.07) is 18.2. The van der Waals surface area contributed by atoms with E-state index in [-0.39, 0.29) is 5.78 Å². The van der Waals surface area contributed by atoms with E-state index in [9.17, 15) is 4.79 Å². The quantitative estimate of drug-likeness (QED) is 0.816. The highest BCUT2D eigenvalue weighted by molar-refractivity contribution is 6.31. The van der Waals surface area contributed by atoms with Gasteiger partial charge in [0.15, 0.2) is 5.78 Å². The first-order chi connectivity index (χ1) is 11.7. The molecule has 0 amide bonds. The molecule has 1 atom stereocenters. The van der Waals surface area contributed by atoms with Crippen molar-refractivity contribution in [1.82, 2.24) is 10.2 Å². The number of hydrogen-bond donors (Lipinski definition) is 1. The van der Waals surface area contributed by atoms with Crippen LogP contribution >= 0.6 is 11.6 Å². The van der Waals surface area contributed by atoms with E-state index in [1.165, 1.54) is 5.56 Å². The number of hydrogen-bond acceptors (Lipinski definition) is 3. The second kappa shape index (κ2) is 8.43. The molecule has 2 aromatic carbocycles. The van der Waals surface area contributed by atoms with Crippen molar-refractivity contribution >= 4 is 17.4 Å². The molecule has 1 unspecified atom stereocenters. The van der Waals surface area contributed by atoms with E-state index in [2.05, 4.69) is 34.5 Å². The number of Topliss-reactive ketones (excluding diaryl/α,β-unsaturated/α-hetero) is 1. The fourth-order valence-electron chi connectivity index (χ4n) is 3.24. The molecule has 1 aliphatic heterocycles. The Labute approximate surface area is 148 Å². The summed E-state index contributed by atoms with van der Waals surface area (Å²) < 4.78 is 0. The van der Waals surface area contributed by atoms with E-state index in [0.717, 1.165) is 32.6 Å². The molecule has 0 bridgehead atoms. The lowest BCUT2D eigenvalue weighted by Crippen LogP contribution is -2.52. The van der Waals surface area contributed by atoms with Gasteiger partial charge in [-0.25, -0.2) is 0 Å². The third-order valence-corrected chi connectivity index (χ3v) is 4.79. The standard InChI is InChI=1S/C20H23ClN2O/c21-18-8-4-7-17(14-18)20(24)9-11-23-12-10-22-15-19(23)13-16-5-2-1-3-6-16/h1-8,14,19,22H,9-13,15H2. The Morgan fingerprint density at radius 3 is 2.79 bits per heavy atom. The second-order valence-corrected chi connectivity index (χ2v) is 6.70. The van der Waals surface area contributed by atoms with Gasteiger partial charge in [-0.15, -0.1) is 0 Å². The van der Waals surface area contributed by atoms with Crippen LogP contribution < -0.4 is 5.32 Å². The van der Waals surface area contributed by atoms with Crippen LogP contribution in [0.5, 0.6) is 0 Å². The number of nitrogens with one attached hydrogen (secondary N) is 1. The molecule has 0 radical (unpaired) electrons. The molecule has 1 heterocycles. The summed E-state index contributed by atoms with van der Waals surface area (Å²) in [5.41, 5.74) is 2.05. The molecule has 0 saturated carbocycles. The summed E-state index contributed by atoms with van der Waals surface area (Å²) in [4.78, 5) is 14.8. The smallest absolute Gasteiger partial charge is 0.164 e. The number of carbonyl (C=O) groups is 1. The Balaban J connectivity index is 1.58. The maximum absolute atomic E-state index is 12.4. The number of carbonyl (C=O) groups excluding carboxylic acids is 1. The Kier molecular flexibility index (Phi) is 6.02. The van der Waals surface area contributed by atoms with Crippen molar-refractivity contribution in [3.8, 4) is 0 Å². The predicted octanol–water partition coefficient (Wildman–Crippen LogP) is 3.43. The van der Waals surface area contributed by atoms with Crippen LogP contribution in [0, 0.1) is 0 Å². The molecule has 1 saturated heterocycles. The van der Waals surface area contributed by atoms with Gasteiger partial charge in [-0.3, -0.25) is 9.69 Å². The van der Waals surface area contributed by atoms with Crippen molar-refractivity contribution in [3.63, 3.8) is 0 Å². The highest BCUT2D eigenvalue weighted by Gasteiger charge is 2.23. The summed E-state index contributed by atoms with van der Waals surface area (Å²) in [7, 11) is 0. The second-order valence-electron chi connectivity index (χ2n) is 6.27. The van der Waals surface area contributed by atoms with E-state index in [0.29, 0.717) is 23.0 Å². The number of rotatable bonds is 6. The number of piperazine rings is 1. The summed E-state index contributed by atoms with van der Waals surface area (Å²) in [5.74, 6) is 0.162. The normalized spacial score (nSPS) is 18.5. The zero-order valence-electron chi connectivity index (χ0n) is 13.7. The molecule has 0 aliphatic carbocycles. The lowest BCUT2D eigenvalue weighted by atomic mass is 10.0. The van der Waals surface area contributed by atoms with Crippen molar-refractivity contribution < 1.29 is 4.79 Å². The van der Waals surface area contributed by atoms with Gasteiger partial charge in [0.2, 0.25) is 0 Å². The molecular weight excluding hydrogens is 320 g/mol. The number of halogens is 1. The van der Waals surface area contributed by atoms with Gasteiger partial charge in [-0.1, -0.05) is 54.1 Å². The Morgan fingerprint density at radius 2 is 2.00 bits per heavy atom. The topological polar surface area (TPSA) is 32.3 Å². The van der Waals surface area contributed by atoms with Crippen LogP contribution in [0.15, 0.2) is 54.6 Å². The first-order valence-corrected chi connectivity index (χ1v) is 8.87. The van der Waals surface area contributed by atoms with Gasteiger partial charge in [-0.05, 0) is 24.1 Å². The van der Waals surface area contributed by atoms with Crippen LogP contribution in [0.3, 0.4) is 0 Å². The van der Waals surface area contributed by atoms with E-state index < -0.39 is 0 Å². The van der Waals surface area contributed by atoms with Crippen LogP contribution in [0.25, 0.3) is 0 Å². The van der Waals surface area contributed by atoms with Gasteiger partial charge >= 0.3 is 0 Å². The Hall–Kier alpha value is -1.68. The molecule has 3 nitrogen and oxygen atoms in total. The van der Waals surface area contributed by atoms with Gasteiger partial charge in [0.1, 0.15) is 0 Å². The maximum atomic E-state index is 12.4. The van der Waals surface area contributed by atoms with E-state index >= 15 is 0 Å². The van der Waals surface area contributed by atoms with Crippen molar-refractivity contribution in [2.75, 3.05) is 26.2 Å². The number of nitrogens with zero attached hydrogens (tertiary/aromatic N) is 1. The monoisotopic (exact) mass is 342 g/mol. The zero-order chi connectivity index (χ0) is 16.8. The average Bonchev–Trinajstić information content (AvgIpc) is 2.61. The van der Waals surface area contributed by atoms with E-state index in [4.69, 9.17) is 11.6 Å². The molecule has 2 aromatic rings. The highest BCUT2D eigenvalue weighted by atomic mass is 35.5. The van der Waals surface area contributed by atoms with Crippen molar-refractivity contribution in [2.24, 2.45) is 0 Å². The van der Waals surface area contributed by atoms with Gasteiger partial charge in [-0.2, -0.15) is 0 Å². The molecule has 1 fully saturated rings. The van der Waals surface area contributed by atoms with Crippen molar-refractivity contribution in [3.05, 3.63) is 70.7 Å². The van der Waals surface area contributed by atoms with Crippen LogP contribution in [0.1, 0.15) is 22.3 Å². The maximum Gasteiger partial charge on any atom is 0.164 e. The minimum Gasteiger partial charge on any atom is -0.314 e. The highest BCUT2D eigenvalue weighted by Crippen LogP contribution is 2.15. The summed E-state index contributed by atoms with van der Waals surface area (Å²) >= 11 is 5.98. The first kappa shape index (κ1) is 17.2. The predicted molar refractivity (Wildman–Crippen MR) is 98.8 cm³/mol. The van der Waals surface area contributed by atoms with Gasteiger partial charge in [0.05, 0.1) is 0 Å². The van der Waals surface area contributed by atoms with E-state index in [1.807, 2.05) is 18.2 Å². The zero-order valence-corrected chi connectivity index (χ0v) is 14.5. The fourth-order valence-corrected chi connectivity index (χ4v) is 3.43. The molecular formula is C20H23ClN2O. The van der Waals surface area contributed by atoms with Gasteiger partial charge < -0.3 is 5.32 Å². The Bertz CT molecular complexity index is 674. The summed E-state index contributed by atoms with van der Waals surface area (Å²) in [5, 5.41) is 4.08. The summed E-state index contributed by atoms with van der Waals surface area (Å²) in [6.45, 7) is 3.74. The van der Waals surface area contributed by atoms with Crippen LogP contribution in [0.2, 0.25) is 5.02 Å². The molecule has 24 heavy (non-hydrogen) atoms. The lowest BCUT2D eigenvalue weighted by Gasteiger charge is -2.36. The van der Waals surface area contributed by atoms with E-state index in [1.54, 1.807) is 12.1 Å². The van der Waals surface area contributed by atoms with Crippen LogP contribution in [-0.2, 0) is 6.42 Å². The van der Waals surface area contributed by atoms with Crippen molar-refractivity contribution in [1.29, 1.82) is 0 Å². The molecule has 126 valence electrons. The fraction of sp³-hybridized carbons (Fsp3) is 0.350. The molecule has 0 aromatic heterocycles. The van der Waals surface area contributed by atoms with Gasteiger partial charge in [0, 0.05) is 49.2 Å². The third-order valence-electron chi connectivity index (χ3n) is 4.56. The Morgan fingerprint density at radius 1 is 1.17 bits per heavy atom.